The van der Waals surface area contributed by atoms with E-state index < -0.39 is 17.0 Å². The first-order valence-electron chi connectivity index (χ1n) is 9.49. The van der Waals surface area contributed by atoms with E-state index in [1.165, 1.54) is 13.2 Å². The Morgan fingerprint density at radius 3 is 2.21 bits per heavy atom. The standard InChI is InChI=1S/C22H31NO5/c1-16(12-19(24)26-6)28-18-13-21(2,3)23(22(4,5)14-18)20(25)27-15-17-10-8-7-9-11-17/h7-12,18H,13-15H2,1-6H3/b16-12-. The molecule has 0 spiro atoms. The third kappa shape index (κ3) is 5.50. The van der Waals surface area contributed by atoms with Crippen molar-refractivity contribution in [2.45, 2.75) is 71.2 Å². The smallest absolute Gasteiger partial charge is 0.410 e. The largest absolute Gasteiger partial charge is 0.495 e. The van der Waals surface area contributed by atoms with Crippen molar-refractivity contribution < 1.29 is 23.8 Å². The second-order valence-electron chi connectivity index (χ2n) is 8.43. The number of hydrogen-bond donors (Lipinski definition) is 0. The van der Waals surface area contributed by atoms with Gasteiger partial charge in [-0.15, -0.1) is 0 Å². The van der Waals surface area contributed by atoms with Gasteiger partial charge in [0.15, 0.2) is 0 Å². The molecule has 1 aromatic carbocycles. The molecule has 0 unspecified atom stereocenters. The minimum Gasteiger partial charge on any atom is -0.495 e. The van der Waals surface area contributed by atoms with Crippen LogP contribution < -0.4 is 0 Å². The SMILES string of the molecule is COC(=O)/C=C(/C)OC1CC(C)(C)N(C(=O)OCc2ccccc2)C(C)(C)C1. The first kappa shape index (κ1) is 21.8. The molecule has 2 rings (SSSR count). The van der Waals surface area contributed by atoms with Crippen molar-refractivity contribution in [2.24, 2.45) is 0 Å². The number of methoxy groups -OCH3 is 1. The van der Waals surface area contributed by atoms with E-state index >= 15 is 0 Å². The summed E-state index contributed by atoms with van der Waals surface area (Å²) in [5, 5.41) is 0. The van der Waals surface area contributed by atoms with Crippen LogP contribution in [-0.2, 0) is 25.6 Å². The predicted molar refractivity (Wildman–Crippen MR) is 107 cm³/mol. The normalized spacial score (nSPS) is 19.1. The molecule has 6 nitrogen and oxygen atoms in total. The van der Waals surface area contributed by atoms with Crippen LogP contribution in [0.2, 0.25) is 0 Å². The molecule has 0 atom stereocenters. The van der Waals surface area contributed by atoms with Crippen LogP contribution in [-0.4, -0.2) is 41.3 Å². The molecule has 0 N–H and O–H groups in total. The number of hydrogen-bond acceptors (Lipinski definition) is 5. The summed E-state index contributed by atoms with van der Waals surface area (Å²) < 4.78 is 16.2. The summed E-state index contributed by atoms with van der Waals surface area (Å²) in [6.07, 6.45) is 2.13. The van der Waals surface area contributed by atoms with Crippen LogP contribution in [0, 0.1) is 0 Å². The Hall–Kier alpha value is -2.50. The molecule has 1 amide bonds. The van der Waals surface area contributed by atoms with Gasteiger partial charge in [-0.25, -0.2) is 9.59 Å². The van der Waals surface area contributed by atoms with Crippen LogP contribution in [0.25, 0.3) is 0 Å². The summed E-state index contributed by atoms with van der Waals surface area (Å²) >= 11 is 0. The van der Waals surface area contributed by atoms with Gasteiger partial charge < -0.3 is 14.2 Å². The number of likely N-dealkylation sites (tertiary alicyclic amines) is 1. The zero-order valence-electron chi connectivity index (χ0n) is 17.7. The lowest BCUT2D eigenvalue weighted by atomic mass is 9.78. The van der Waals surface area contributed by atoms with E-state index in [9.17, 15) is 9.59 Å². The first-order chi connectivity index (χ1) is 13.0. The first-order valence-corrected chi connectivity index (χ1v) is 9.49. The Kier molecular flexibility index (Phi) is 6.75. The highest BCUT2D eigenvalue weighted by Crippen LogP contribution is 2.40. The summed E-state index contributed by atoms with van der Waals surface area (Å²) in [7, 11) is 1.33. The second kappa shape index (κ2) is 8.67. The quantitative estimate of drug-likeness (QED) is 0.423. The van der Waals surface area contributed by atoms with Gasteiger partial charge in [-0.2, -0.15) is 0 Å². The molecule has 1 fully saturated rings. The van der Waals surface area contributed by atoms with Crippen molar-refractivity contribution in [2.75, 3.05) is 7.11 Å². The fourth-order valence-corrected chi connectivity index (χ4v) is 4.07. The molecule has 0 aromatic heterocycles. The number of allylic oxidation sites excluding steroid dienone is 1. The topological polar surface area (TPSA) is 65.1 Å². The monoisotopic (exact) mass is 389 g/mol. The molecule has 1 saturated heterocycles. The molecule has 6 heteroatoms. The summed E-state index contributed by atoms with van der Waals surface area (Å²) in [4.78, 5) is 26.1. The molecular formula is C22H31NO5. The number of nitrogens with zero attached hydrogens (tertiary/aromatic N) is 1. The fraction of sp³-hybridized carbons (Fsp3) is 0.545. The van der Waals surface area contributed by atoms with E-state index in [-0.39, 0.29) is 18.8 Å². The maximum Gasteiger partial charge on any atom is 0.410 e. The van der Waals surface area contributed by atoms with Crippen LogP contribution in [0.1, 0.15) is 53.0 Å². The molecule has 0 saturated carbocycles. The lowest BCUT2D eigenvalue weighted by molar-refractivity contribution is -0.135. The zero-order valence-corrected chi connectivity index (χ0v) is 17.7. The maximum atomic E-state index is 12.9. The van der Waals surface area contributed by atoms with Gasteiger partial charge in [-0.3, -0.25) is 4.90 Å². The molecule has 1 aliphatic heterocycles. The second-order valence-corrected chi connectivity index (χ2v) is 8.43. The number of rotatable bonds is 5. The highest BCUT2D eigenvalue weighted by molar-refractivity contribution is 5.82. The molecule has 1 aliphatic rings. The van der Waals surface area contributed by atoms with E-state index in [1.807, 2.05) is 62.9 Å². The van der Waals surface area contributed by atoms with Gasteiger partial charge in [0, 0.05) is 23.9 Å². The molecule has 0 radical (unpaired) electrons. The molecule has 0 aliphatic carbocycles. The Bertz CT molecular complexity index is 706. The summed E-state index contributed by atoms with van der Waals surface area (Å²) in [5.74, 6) is 0.0569. The van der Waals surface area contributed by atoms with Crippen molar-refractivity contribution >= 4 is 12.1 Å². The summed E-state index contributed by atoms with van der Waals surface area (Å²) in [6.45, 7) is 10.0. The molecule has 1 aromatic rings. The summed E-state index contributed by atoms with van der Waals surface area (Å²) in [5.41, 5.74) is 0.0190. The Morgan fingerprint density at radius 1 is 1.11 bits per heavy atom. The van der Waals surface area contributed by atoms with Crippen LogP contribution >= 0.6 is 0 Å². The van der Waals surface area contributed by atoms with Gasteiger partial charge in [0.1, 0.15) is 18.5 Å². The predicted octanol–water partition coefficient (Wildman–Crippen LogP) is 4.44. The minimum absolute atomic E-state index is 0.121. The van der Waals surface area contributed by atoms with Crippen molar-refractivity contribution in [1.82, 2.24) is 4.90 Å². The Labute approximate surface area is 167 Å². The fourth-order valence-electron chi connectivity index (χ4n) is 4.07. The average Bonchev–Trinajstić information content (AvgIpc) is 2.58. The number of piperidine rings is 1. The number of ether oxygens (including phenoxy) is 3. The van der Waals surface area contributed by atoms with Gasteiger partial charge in [-0.1, -0.05) is 30.3 Å². The highest BCUT2D eigenvalue weighted by Gasteiger charge is 2.49. The van der Waals surface area contributed by atoms with Gasteiger partial charge in [-0.05, 0) is 40.2 Å². The van der Waals surface area contributed by atoms with E-state index in [1.54, 1.807) is 6.92 Å². The van der Waals surface area contributed by atoms with Crippen molar-refractivity contribution in [1.29, 1.82) is 0 Å². The van der Waals surface area contributed by atoms with E-state index in [0.29, 0.717) is 18.6 Å². The third-order valence-corrected chi connectivity index (χ3v) is 4.93. The number of carbonyl (C=O) groups is 2. The van der Waals surface area contributed by atoms with Gasteiger partial charge in [0.25, 0.3) is 0 Å². The molecular weight excluding hydrogens is 358 g/mol. The molecule has 28 heavy (non-hydrogen) atoms. The Balaban J connectivity index is 2.08. The number of benzene rings is 1. The maximum absolute atomic E-state index is 12.9. The van der Waals surface area contributed by atoms with Crippen molar-refractivity contribution in [3.63, 3.8) is 0 Å². The average molecular weight is 389 g/mol. The van der Waals surface area contributed by atoms with Crippen LogP contribution in [0.4, 0.5) is 4.79 Å². The zero-order chi connectivity index (χ0) is 20.9. The van der Waals surface area contributed by atoms with E-state index in [4.69, 9.17) is 9.47 Å². The number of amides is 1. The van der Waals surface area contributed by atoms with E-state index in [0.717, 1.165) is 5.56 Å². The van der Waals surface area contributed by atoms with Crippen LogP contribution in [0.15, 0.2) is 42.2 Å². The van der Waals surface area contributed by atoms with Crippen molar-refractivity contribution in [3.8, 4) is 0 Å². The van der Waals surface area contributed by atoms with Crippen LogP contribution in [0.5, 0.6) is 0 Å². The minimum atomic E-state index is -0.467. The highest BCUT2D eigenvalue weighted by atomic mass is 16.6. The lowest BCUT2D eigenvalue weighted by Crippen LogP contribution is -2.64. The van der Waals surface area contributed by atoms with Crippen LogP contribution in [0.3, 0.4) is 0 Å². The van der Waals surface area contributed by atoms with Crippen molar-refractivity contribution in [3.05, 3.63) is 47.7 Å². The lowest BCUT2D eigenvalue weighted by Gasteiger charge is -2.54. The van der Waals surface area contributed by atoms with E-state index in [2.05, 4.69) is 4.74 Å². The number of carbonyl (C=O) groups excluding carboxylic acids is 2. The Morgan fingerprint density at radius 2 is 1.68 bits per heavy atom. The van der Waals surface area contributed by atoms with Gasteiger partial charge in [0.2, 0.25) is 0 Å². The molecule has 0 bridgehead atoms. The summed E-state index contributed by atoms with van der Waals surface area (Å²) in [6, 6.07) is 9.63. The van der Waals surface area contributed by atoms with Gasteiger partial charge >= 0.3 is 12.1 Å². The third-order valence-electron chi connectivity index (χ3n) is 4.93. The van der Waals surface area contributed by atoms with Gasteiger partial charge in [0.05, 0.1) is 13.2 Å². The molecule has 1 heterocycles. The number of esters is 1. The molecule has 154 valence electrons.